The average Bonchev–Trinajstić information content (AvgIpc) is 2.59. The first-order valence-corrected chi connectivity index (χ1v) is 8.75. The second-order valence-corrected chi connectivity index (χ2v) is 5.98. The number of morpholine rings is 1. The average molecular weight is 334 g/mol. The predicted octanol–water partition coefficient (Wildman–Crippen LogP) is 1.52. The molecular formula is C18H30N4O2. The predicted molar refractivity (Wildman–Crippen MR) is 97.6 cm³/mol. The fourth-order valence-electron chi connectivity index (χ4n) is 2.65. The van der Waals surface area contributed by atoms with Gasteiger partial charge in [-0.3, -0.25) is 4.90 Å². The number of benzene rings is 1. The van der Waals surface area contributed by atoms with E-state index in [1.165, 1.54) is 5.56 Å². The summed E-state index contributed by atoms with van der Waals surface area (Å²) in [5.74, 6) is 1.38. The van der Waals surface area contributed by atoms with Gasteiger partial charge in [0.25, 0.3) is 0 Å². The van der Waals surface area contributed by atoms with Gasteiger partial charge in [-0.05, 0) is 38.4 Å². The molecule has 1 aromatic carbocycles. The molecule has 0 spiro atoms. The fraction of sp³-hybridized carbons (Fsp3) is 0.611. The Bertz CT molecular complexity index is 528. The minimum Gasteiger partial charge on any atom is -0.494 e. The molecule has 0 aliphatic carbocycles. The molecule has 0 saturated carbocycles. The smallest absolute Gasteiger partial charge is 0.188 e. The van der Waals surface area contributed by atoms with Crippen molar-refractivity contribution in [3.05, 3.63) is 29.3 Å². The van der Waals surface area contributed by atoms with Gasteiger partial charge in [0.2, 0.25) is 0 Å². The van der Waals surface area contributed by atoms with Crippen molar-refractivity contribution in [2.24, 2.45) is 10.7 Å². The van der Waals surface area contributed by atoms with E-state index in [0.717, 1.165) is 57.1 Å². The van der Waals surface area contributed by atoms with Gasteiger partial charge in [0.1, 0.15) is 5.75 Å². The summed E-state index contributed by atoms with van der Waals surface area (Å²) in [5, 5.41) is 3.18. The summed E-state index contributed by atoms with van der Waals surface area (Å²) in [4.78, 5) is 6.84. The van der Waals surface area contributed by atoms with Gasteiger partial charge in [-0.15, -0.1) is 0 Å². The number of rotatable bonds is 8. The van der Waals surface area contributed by atoms with Crippen LogP contribution in [0.15, 0.2) is 23.2 Å². The molecule has 1 aliphatic heterocycles. The topological polar surface area (TPSA) is 72.1 Å². The molecule has 0 amide bonds. The molecule has 24 heavy (non-hydrogen) atoms. The van der Waals surface area contributed by atoms with Gasteiger partial charge in [-0.1, -0.05) is 12.1 Å². The van der Waals surface area contributed by atoms with Crippen LogP contribution in [0.25, 0.3) is 0 Å². The minimum absolute atomic E-state index is 0.486. The number of nitrogens with zero attached hydrogens (tertiary/aromatic N) is 2. The Balaban J connectivity index is 1.73. The summed E-state index contributed by atoms with van der Waals surface area (Å²) < 4.78 is 11.0. The molecule has 6 nitrogen and oxygen atoms in total. The molecule has 0 unspecified atom stereocenters. The van der Waals surface area contributed by atoms with E-state index < -0.39 is 0 Å². The normalized spacial score (nSPS) is 16.2. The highest BCUT2D eigenvalue weighted by Gasteiger charge is 2.09. The maximum Gasteiger partial charge on any atom is 0.188 e. The number of hydrogen-bond donors (Lipinski definition) is 2. The number of ether oxygens (including phenoxy) is 2. The van der Waals surface area contributed by atoms with Crippen LogP contribution in [0.2, 0.25) is 0 Å². The van der Waals surface area contributed by atoms with E-state index in [1.54, 1.807) is 0 Å². The van der Waals surface area contributed by atoms with Crippen LogP contribution in [0.4, 0.5) is 0 Å². The third-order valence-corrected chi connectivity index (χ3v) is 4.00. The Labute approximate surface area is 145 Å². The minimum atomic E-state index is 0.486. The third-order valence-electron chi connectivity index (χ3n) is 4.00. The van der Waals surface area contributed by atoms with Crippen LogP contribution >= 0.6 is 0 Å². The van der Waals surface area contributed by atoms with Crippen LogP contribution in [0.3, 0.4) is 0 Å². The number of aliphatic imine (C=N–C) groups is 1. The molecule has 134 valence electrons. The summed E-state index contributed by atoms with van der Waals surface area (Å²) in [5.41, 5.74) is 8.20. The van der Waals surface area contributed by atoms with Gasteiger partial charge in [0.05, 0.1) is 26.4 Å². The van der Waals surface area contributed by atoms with Gasteiger partial charge >= 0.3 is 0 Å². The maximum atomic E-state index is 5.96. The maximum absolute atomic E-state index is 5.96. The summed E-state index contributed by atoms with van der Waals surface area (Å²) >= 11 is 0. The molecule has 1 aliphatic rings. The molecule has 1 aromatic rings. The number of hydrogen-bond acceptors (Lipinski definition) is 4. The third kappa shape index (κ3) is 6.37. The summed E-state index contributed by atoms with van der Waals surface area (Å²) in [7, 11) is 0. The Morgan fingerprint density at radius 1 is 1.38 bits per heavy atom. The van der Waals surface area contributed by atoms with Gasteiger partial charge in [-0.25, -0.2) is 4.99 Å². The molecule has 0 radical (unpaired) electrons. The molecule has 0 bridgehead atoms. The molecular weight excluding hydrogens is 304 g/mol. The zero-order valence-electron chi connectivity index (χ0n) is 14.9. The molecule has 2 rings (SSSR count). The van der Waals surface area contributed by atoms with Crippen molar-refractivity contribution in [2.75, 3.05) is 46.0 Å². The Hall–Kier alpha value is -1.79. The first-order chi connectivity index (χ1) is 11.7. The van der Waals surface area contributed by atoms with Gasteiger partial charge in [0.15, 0.2) is 5.96 Å². The highest BCUT2D eigenvalue weighted by atomic mass is 16.5. The van der Waals surface area contributed by atoms with Gasteiger partial charge in [-0.2, -0.15) is 0 Å². The van der Waals surface area contributed by atoms with E-state index in [2.05, 4.69) is 34.3 Å². The number of aryl methyl sites for hydroxylation is 1. The second kappa shape index (κ2) is 10.2. The first-order valence-electron chi connectivity index (χ1n) is 8.75. The second-order valence-electron chi connectivity index (χ2n) is 5.98. The van der Waals surface area contributed by atoms with E-state index in [0.29, 0.717) is 19.1 Å². The van der Waals surface area contributed by atoms with Crippen LogP contribution in [0.5, 0.6) is 5.75 Å². The van der Waals surface area contributed by atoms with Crippen LogP contribution in [-0.4, -0.2) is 56.9 Å². The zero-order valence-corrected chi connectivity index (χ0v) is 14.9. The monoisotopic (exact) mass is 334 g/mol. The lowest BCUT2D eigenvalue weighted by molar-refractivity contribution is 0.0376. The quantitative estimate of drug-likeness (QED) is 0.428. The van der Waals surface area contributed by atoms with E-state index in [-0.39, 0.29) is 0 Å². The van der Waals surface area contributed by atoms with Crippen molar-refractivity contribution in [1.29, 1.82) is 0 Å². The SMILES string of the molecule is CCOc1cc(C)ccc1CN=C(N)NCCCN1CCOCC1. The number of nitrogens with two attached hydrogens (primary N) is 1. The van der Waals surface area contributed by atoms with E-state index in [9.17, 15) is 0 Å². The Kier molecular flexibility index (Phi) is 7.85. The van der Waals surface area contributed by atoms with Gasteiger partial charge < -0.3 is 20.5 Å². The van der Waals surface area contributed by atoms with Crippen molar-refractivity contribution in [3.8, 4) is 5.75 Å². The lowest BCUT2D eigenvalue weighted by Gasteiger charge is -2.26. The molecule has 1 heterocycles. The largest absolute Gasteiger partial charge is 0.494 e. The number of nitrogens with one attached hydrogen (secondary N) is 1. The highest BCUT2D eigenvalue weighted by Crippen LogP contribution is 2.21. The molecule has 1 fully saturated rings. The summed E-state index contributed by atoms with van der Waals surface area (Å²) in [6.07, 6.45) is 1.05. The van der Waals surface area contributed by atoms with Crippen molar-refractivity contribution >= 4 is 5.96 Å². The van der Waals surface area contributed by atoms with E-state index in [1.807, 2.05) is 13.0 Å². The molecule has 6 heteroatoms. The Morgan fingerprint density at radius 2 is 2.17 bits per heavy atom. The van der Waals surface area contributed by atoms with Gasteiger partial charge in [0, 0.05) is 25.2 Å². The molecule has 0 atom stereocenters. The van der Waals surface area contributed by atoms with Crippen LogP contribution in [-0.2, 0) is 11.3 Å². The van der Waals surface area contributed by atoms with Crippen molar-refractivity contribution in [1.82, 2.24) is 10.2 Å². The zero-order chi connectivity index (χ0) is 17.2. The van der Waals surface area contributed by atoms with Crippen LogP contribution in [0.1, 0.15) is 24.5 Å². The summed E-state index contributed by atoms with van der Waals surface area (Å²) in [6, 6.07) is 6.16. The lowest BCUT2D eigenvalue weighted by Crippen LogP contribution is -2.39. The van der Waals surface area contributed by atoms with Crippen molar-refractivity contribution in [2.45, 2.75) is 26.8 Å². The molecule has 1 saturated heterocycles. The van der Waals surface area contributed by atoms with Crippen molar-refractivity contribution < 1.29 is 9.47 Å². The van der Waals surface area contributed by atoms with Crippen molar-refractivity contribution in [3.63, 3.8) is 0 Å². The van der Waals surface area contributed by atoms with Crippen LogP contribution < -0.4 is 15.8 Å². The molecule has 0 aromatic heterocycles. The standard InChI is InChI=1S/C18H30N4O2/c1-3-24-17-13-15(2)5-6-16(17)14-21-18(19)20-7-4-8-22-9-11-23-12-10-22/h5-6,13H,3-4,7-12,14H2,1-2H3,(H3,19,20,21). The lowest BCUT2D eigenvalue weighted by atomic mass is 10.1. The van der Waals surface area contributed by atoms with Crippen LogP contribution in [0, 0.1) is 6.92 Å². The highest BCUT2D eigenvalue weighted by molar-refractivity contribution is 5.77. The Morgan fingerprint density at radius 3 is 2.92 bits per heavy atom. The van der Waals surface area contributed by atoms with E-state index in [4.69, 9.17) is 15.2 Å². The summed E-state index contributed by atoms with van der Waals surface area (Å²) in [6.45, 7) is 10.8. The first kappa shape index (κ1) is 18.5. The fourth-order valence-corrected chi connectivity index (χ4v) is 2.65. The number of guanidine groups is 1. The molecule has 3 N–H and O–H groups in total. The van der Waals surface area contributed by atoms with E-state index >= 15 is 0 Å².